The Hall–Kier alpha value is -1.10. The number of hydrogen-bond donors (Lipinski definition) is 2. The molecule has 1 heterocycles. The average molecular weight is 342 g/mol. The van der Waals surface area contributed by atoms with E-state index in [9.17, 15) is 0 Å². The van der Waals surface area contributed by atoms with Gasteiger partial charge < -0.3 is 10.6 Å². The molecule has 1 aromatic rings. The summed E-state index contributed by atoms with van der Waals surface area (Å²) in [5.74, 6) is 1.13. The van der Waals surface area contributed by atoms with E-state index in [2.05, 4.69) is 39.4 Å². The Balaban J connectivity index is 2.25. The maximum Gasteiger partial charge on any atom is 0.228 e. The van der Waals surface area contributed by atoms with Crippen LogP contribution >= 0.6 is 11.6 Å². The predicted octanol–water partition coefficient (Wildman–Crippen LogP) is 5.29. The summed E-state index contributed by atoms with van der Waals surface area (Å²) in [4.78, 5) is 12.6. The van der Waals surface area contributed by atoms with E-state index in [1.54, 1.807) is 0 Å². The van der Waals surface area contributed by atoms with Gasteiger partial charge in [0.05, 0.1) is 0 Å². The molecule has 2 N–H and O–H groups in total. The van der Waals surface area contributed by atoms with E-state index in [1.807, 2.05) is 0 Å². The number of unbranched alkanes of at least 4 members (excludes halogenated alkanes) is 8. The summed E-state index contributed by atoms with van der Waals surface area (Å²) in [5, 5.41) is 6.71. The molecule has 0 atom stereocenters. The molecule has 0 radical (unpaired) electrons. The Morgan fingerprint density at radius 3 is 1.52 bits per heavy atom. The minimum Gasteiger partial charge on any atom is -0.354 e. The Bertz CT molecular complexity index is 380. The van der Waals surface area contributed by atoms with Gasteiger partial charge in [-0.1, -0.05) is 65.2 Å². The average Bonchev–Trinajstić information content (AvgIpc) is 2.53. The molecule has 0 saturated carbocycles. The summed E-state index contributed by atoms with van der Waals surface area (Å²) < 4.78 is 0. The molecular formula is C17H32ClN5. The van der Waals surface area contributed by atoms with Crippen molar-refractivity contribution in [3.8, 4) is 0 Å². The highest BCUT2D eigenvalue weighted by atomic mass is 35.5. The summed E-state index contributed by atoms with van der Waals surface area (Å²) in [6.45, 7) is 6.20. The van der Waals surface area contributed by atoms with E-state index < -0.39 is 0 Å². The normalized spacial score (nSPS) is 10.7. The van der Waals surface area contributed by atoms with Crippen molar-refractivity contribution >= 4 is 23.5 Å². The number of aromatic nitrogens is 3. The van der Waals surface area contributed by atoms with Gasteiger partial charge in [-0.15, -0.1) is 0 Å². The molecule has 1 aromatic heterocycles. The number of rotatable bonds is 14. The van der Waals surface area contributed by atoms with Gasteiger partial charge in [0.1, 0.15) is 0 Å². The minimum absolute atomic E-state index is 0.238. The van der Waals surface area contributed by atoms with E-state index in [4.69, 9.17) is 11.6 Å². The van der Waals surface area contributed by atoms with Crippen molar-refractivity contribution in [2.75, 3.05) is 23.7 Å². The molecule has 132 valence electrons. The third kappa shape index (κ3) is 10.3. The fourth-order valence-corrected chi connectivity index (χ4v) is 2.53. The maximum atomic E-state index is 5.97. The molecular weight excluding hydrogens is 310 g/mol. The summed E-state index contributed by atoms with van der Waals surface area (Å²) in [6, 6.07) is 0. The molecule has 5 nitrogen and oxygen atoms in total. The van der Waals surface area contributed by atoms with Gasteiger partial charge in [-0.3, -0.25) is 0 Å². The SMILES string of the molecule is CCCCCCCNc1nc(Cl)nc(NCCCCCCC)n1. The zero-order valence-electron chi connectivity index (χ0n) is 14.7. The lowest BCUT2D eigenvalue weighted by Crippen LogP contribution is -2.11. The first kappa shape index (κ1) is 19.9. The Labute approximate surface area is 146 Å². The van der Waals surface area contributed by atoms with Crippen LogP contribution in [-0.4, -0.2) is 28.0 Å². The van der Waals surface area contributed by atoms with Crippen LogP contribution in [0.4, 0.5) is 11.9 Å². The largest absolute Gasteiger partial charge is 0.354 e. The van der Waals surface area contributed by atoms with Gasteiger partial charge in [-0.25, -0.2) is 0 Å². The van der Waals surface area contributed by atoms with Crippen LogP contribution in [0.25, 0.3) is 0 Å². The van der Waals surface area contributed by atoms with E-state index in [0.29, 0.717) is 11.9 Å². The van der Waals surface area contributed by atoms with E-state index in [1.165, 1.54) is 51.4 Å². The second-order valence-electron chi connectivity index (χ2n) is 5.93. The zero-order chi connectivity index (χ0) is 16.8. The highest BCUT2D eigenvalue weighted by Crippen LogP contribution is 2.11. The van der Waals surface area contributed by atoms with Crippen molar-refractivity contribution in [2.45, 2.75) is 78.1 Å². The Morgan fingerprint density at radius 2 is 1.09 bits per heavy atom. The third-order valence-corrected chi connectivity index (χ3v) is 3.90. The van der Waals surface area contributed by atoms with Gasteiger partial charge in [-0.05, 0) is 24.4 Å². The van der Waals surface area contributed by atoms with Crippen LogP contribution in [0.5, 0.6) is 0 Å². The molecule has 0 spiro atoms. The van der Waals surface area contributed by atoms with Crippen LogP contribution in [0.1, 0.15) is 78.1 Å². The molecule has 1 rings (SSSR count). The first-order chi connectivity index (χ1) is 11.3. The summed E-state index contributed by atoms with van der Waals surface area (Å²) in [5.41, 5.74) is 0. The molecule has 0 unspecified atom stereocenters. The Morgan fingerprint density at radius 1 is 0.652 bits per heavy atom. The van der Waals surface area contributed by atoms with E-state index in [-0.39, 0.29) is 5.28 Å². The lowest BCUT2D eigenvalue weighted by molar-refractivity contribution is 0.643. The van der Waals surface area contributed by atoms with Crippen molar-refractivity contribution in [3.63, 3.8) is 0 Å². The summed E-state index contributed by atoms with van der Waals surface area (Å²) in [6.07, 6.45) is 12.5. The van der Waals surface area contributed by atoms with Gasteiger partial charge in [0.25, 0.3) is 0 Å². The topological polar surface area (TPSA) is 62.7 Å². The van der Waals surface area contributed by atoms with Crippen molar-refractivity contribution < 1.29 is 0 Å². The Kier molecular flexibility index (Phi) is 11.6. The molecule has 6 heteroatoms. The van der Waals surface area contributed by atoms with Crippen LogP contribution in [0.2, 0.25) is 5.28 Å². The highest BCUT2D eigenvalue weighted by Gasteiger charge is 2.04. The second kappa shape index (κ2) is 13.3. The van der Waals surface area contributed by atoms with Gasteiger partial charge in [0.2, 0.25) is 17.2 Å². The van der Waals surface area contributed by atoms with Crippen molar-refractivity contribution in [2.24, 2.45) is 0 Å². The van der Waals surface area contributed by atoms with E-state index >= 15 is 0 Å². The number of nitrogens with zero attached hydrogens (tertiary/aromatic N) is 3. The predicted molar refractivity (Wildman–Crippen MR) is 99.3 cm³/mol. The van der Waals surface area contributed by atoms with Crippen LogP contribution < -0.4 is 10.6 Å². The number of hydrogen-bond acceptors (Lipinski definition) is 5. The first-order valence-electron chi connectivity index (χ1n) is 9.15. The van der Waals surface area contributed by atoms with Crippen LogP contribution in [0.15, 0.2) is 0 Å². The van der Waals surface area contributed by atoms with Crippen molar-refractivity contribution in [1.82, 2.24) is 15.0 Å². The summed E-state index contributed by atoms with van der Waals surface area (Å²) in [7, 11) is 0. The minimum atomic E-state index is 0.238. The molecule has 0 aliphatic rings. The molecule has 0 aliphatic heterocycles. The number of nitrogens with one attached hydrogen (secondary N) is 2. The van der Waals surface area contributed by atoms with Crippen LogP contribution in [0.3, 0.4) is 0 Å². The molecule has 0 bridgehead atoms. The maximum absolute atomic E-state index is 5.97. The lowest BCUT2D eigenvalue weighted by atomic mass is 10.1. The molecule has 0 fully saturated rings. The van der Waals surface area contributed by atoms with Gasteiger partial charge in [0, 0.05) is 13.1 Å². The van der Waals surface area contributed by atoms with Crippen molar-refractivity contribution in [1.29, 1.82) is 0 Å². The first-order valence-corrected chi connectivity index (χ1v) is 9.53. The van der Waals surface area contributed by atoms with Gasteiger partial charge >= 0.3 is 0 Å². The fraction of sp³-hybridized carbons (Fsp3) is 0.824. The molecule has 0 saturated heterocycles. The third-order valence-electron chi connectivity index (χ3n) is 3.74. The fourth-order valence-electron chi connectivity index (χ4n) is 2.37. The van der Waals surface area contributed by atoms with Crippen LogP contribution in [0, 0.1) is 0 Å². The monoisotopic (exact) mass is 341 g/mol. The zero-order valence-corrected chi connectivity index (χ0v) is 15.5. The van der Waals surface area contributed by atoms with Gasteiger partial charge in [-0.2, -0.15) is 15.0 Å². The van der Waals surface area contributed by atoms with E-state index in [0.717, 1.165) is 25.9 Å². The van der Waals surface area contributed by atoms with Gasteiger partial charge in [0.15, 0.2) is 0 Å². The molecule has 23 heavy (non-hydrogen) atoms. The smallest absolute Gasteiger partial charge is 0.228 e. The molecule has 0 amide bonds. The second-order valence-corrected chi connectivity index (χ2v) is 6.27. The lowest BCUT2D eigenvalue weighted by Gasteiger charge is -2.08. The number of halogens is 1. The highest BCUT2D eigenvalue weighted by molar-refractivity contribution is 6.28. The summed E-state index contributed by atoms with van der Waals surface area (Å²) >= 11 is 5.97. The number of anilines is 2. The molecule has 0 aliphatic carbocycles. The van der Waals surface area contributed by atoms with Crippen LogP contribution in [-0.2, 0) is 0 Å². The quantitative estimate of drug-likeness (QED) is 0.450. The molecule has 0 aromatic carbocycles. The standard InChI is InChI=1S/C17H32ClN5/c1-3-5-7-9-11-13-19-16-21-15(18)22-17(23-16)20-14-12-10-8-6-4-2/h3-14H2,1-2H3,(H2,19,20,21,22,23). The van der Waals surface area contributed by atoms with Crippen molar-refractivity contribution in [3.05, 3.63) is 5.28 Å².